The van der Waals surface area contributed by atoms with Crippen LogP contribution in [0.25, 0.3) is 0 Å². The van der Waals surface area contributed by atoms with E-state index in [2.05, 4.69) is 15.9 Å². The molecule has 5 heteroatoms. The number of benzene rings is 1. The predicted octanol–water partition coefficient (Wildman–Crippen LogP) is 3.87. The second kappa shape index (κ2) is 6.69. The summed E-state index contributed by atoms with van der Waals surface area (Å²) in [7, 11) is 0. The summed E-state index contributed by atoms with van der Waals surface area (Å²) >= 11 is 3.03. The molecule has 0 radical (unpaired) electrons. The van der Waals surface area contributed by atoms with Crippen LogP contribution >= 0.6 is 15.9 Å². The van der Waals surface area contributed by atoms with Gasteiger partial charge in [-0.05, 0) is 41.8 Å². The number of ether oxygens (including phenoxy) is 1. The number of unbranched alkanes of at least 4 members (excludes halogenated alkanes) is 1. The minimum atomic E-state index is -0.733. The molecule has 0 N–H and O–H groups in total. The fraction of sp³-hybridized carbons (Fsp3) is 0.417. The lowest BCUT2D eigenvalue weighted by Gasteiger charge is -2.09. The van der Waals surface area contributed by atoms with E-state index in [0.29, 0.717) is 25.9 Å². The first kappa shape index (κ1) is 14.1. The van der Waals surface area contributed by atoms with Gasteiger partial charge in [0.1, 0.15) is 11.6 Å². The van der Waals surface area contributed by atoms with Crippen LogP contribution in [0.15, 0.2) is 16.6 Å². The van der Waals surface area contributed by atoms with E-state index in [1.807, 2.05) is 0 Å². The molecule has 0 aliphatic carbocycles. The number of rotatable bonds is 6. The molecule has 0 aromatic heterocycles. The van der Waals surface area contributed by atoms with Crippen LogP contribution in [0.1, 0.15) is 26.2 Å². The normalized spacial score (nSPS) is 10.4. The van der Waals surface area contributed by atoms with Gasteiger partial charge in [0.15, 0.2) is 11.6 Å². The van der Waals surface area contributed by atoms with Crippen molar-refractivity contribution in [2.75, 3.05) is 6.61 Å². The van der Waals surface area contributed by atoms with Crippen LogP contribution in [0.4, 0.5) is 8.78 Å². The number of ketones is 1. The Labute approximate surface area is 107 Å². The molecule has 0 aliphatic heterocycles. The summed E-state index contributed by atoms with van der Waals surface area (Å²) in [4.78, 5) is 10.7. The lowest BCUT2D eigenvalue weighted by Crippen LogP contribution is -2.01. The smallest absolute Gasteiger partial charge is 0.169 e. The molecule has 94 valence electrons. The number of Topliss-reactive ketones (excluding diaryl/α,β-unsaturated/α-hetero) is 1. The molecule has 0 heterocycles. The van der Waals surface area contributed by atoms with Crippen molar-refractivity contribution in [2.45, 2.75) is 26.2 Å². The predicted molar refractivity (Wildman–Crippen MR) is 64.1 cm³/mol. The Morgan fingerprint density at radius 1 is 1.35 bits per heavy atom. The summed E-state index contributed by atoms with van der Waals surface area (Å²) in [6, 6.07) is 1.92. The van der Waals surface area contributed by atoms with Crippen molar-refractivity contribution >= 4 is 21.7 Å². The van der Waals surface area contributed by atoms with Crippen molar-refractivity contribution in [3.63, 3.8) is 0 Å². The number of hydrogen-bond donors (Lipinski definition) is 0. The van der Waals surface area contributed by atoms with E-state index in [4.69, 9.17) is 4.74 Å². The molecule has 0 unspecified atom stereocenters. The van der Waals surface area contributed by atoms with E-state index in [-0.39, 0.29) is 16.0 Å². The maximum atomic E-state index is 13.3. The first-order chi connectivity index (χ1) is 8.00. The number of hydrogen-bond acceptors (Lipinski definition) is 2. The first-order valence-electron chi connectivity index (χ1n) is 5.27. The molecule has 0 fully saturated rings. The minimum absolute atomic E-state index is 0.00854. The largest absolute Gasteiger partial charge is 0.489 e. The SMILES string of the molecule is CC(=O)CCCCOc1c(F)cc(F)cc1Br. The highest BCUT2D eigenvalue weighted by molar-refractivity contribution is 9.10. The van der Waals surface area contributed by atoms with Crippen LogP contribution in [0.5, 0.6) is 5.75 Å². The van der Waals surface area contributed by atoms with Crippen molar-refractivity contribution in [1.82, 2.24) is 0 Å². The van der Waals surface area contributed by atoms with Crippen molar-refractivity contribution < 1.29 is 18.3 Å². The zero-order chi connectivity index (χ0) is 12.8. The zero-order valence-electron chi connectivity index (χ0n) is 9.43. The molecule has 0 aliphatic rings. The number of carbonyl (C=O) groups is 1. The molecule has 1 aromatic carbocycles. The monoisotopic (exact) mass is 306 g/mol. The van der Waals surface area contributed by atoms with Crippen molar-refractivity contribution in [3.05, 3.63) is 28.2 Å². The van der Waals surface area contributed by atoms with Gasteiger partial charge in [0.05, 0.1) is 11.1 Å². The third-order valence-electron chi connectivity index (χ3n) is 2.13. The summed E-state index contributed by atoms with van der Waals surface area (Å²) in [6.45, 7) is 1.82. The Hall–Kier alpha value is -0.970. The average molecular weight is 307 g/mol. The average Bonchev–Trinajstić information content (AvgIpc) is 2.20. The van der Waals surface area contributed by atoms with Crippen LogP contribution in [0.2, 0.25) is 0 Å². The van der Waals surface area contributed by atoms with Gasteiger partial charge >= 0.3 is 0 Å². The zero-order valence-corrected chi connectivity index (χ0v) is 11.0. The standard InChI is InChI=1S/C12H13BrF2O2/c1-8(16)4-2-3-5-17-12-10(13)6-9(14)7-11(12)15/h6-7H,2-5H2,1H3. The second-order valence-electron chi connectivity index (χ2n) is 3.71. The van der Waals surface area contributed by atoms with Gasteiger partial charge in [0.25, 0.3) is 0 Å². The molecule has 1 rings (SSSR count). The van der Waals surface area contributed by atoms with Crippen LogP contribution in [0, 0.1) is 11.6 Å². The van der Waals surface area contributed by atoms with E-state index in [0.717, 1.165) is 12.1 Å². The summed E-state index contributed by atoms with van der Waals surface area (Å²) in [5.41, 5.74) is 0. The molecule has 1 aromatic rings. The van der Waals surface area contributed by atoms with E-state index >= 15 is 0 Å². The van der Waals surface area contributed by atoms with Crippen molar-refractivity contribution in [3.8, 4) is 5.75 Å². The third-order valence-corrected chi connectivity index (χ3v) is 2.72. The number of carbonyl (C=O) groups excluding carboxylic acids is 1. The van der Waals surface area contributed by atoms with Gasteiger partial charge in [-0.3, -0.25) is 0 Å². The lowest BCUT2D eigenvalue weighted by molar-refractivity contribution is -0.117. The van der Waals surface area contributed by atoms with Gasteiger partial charge in [-0.15, -0.1) is 0 Å². The fourth-order valence-electron chi connectivity index (χ4n) is 1.32. The topological polar surface area (TPSA) is 26.3 Å². The maximum absolute atomic E-state index is 13.3. The summed E-state index contributed by atoms with van der Waals surface area (Å²) in [5.74, 6) is -1.25. The van der Waals surface area contributed by atoms with Crippen LogP contribution in [-0.2, 0) is 4.79 Å². The molecule has 0 bridgehead atoms. The fourth-order valence-corrected chi connectivity index (χ4v) is 1.84. The Bertz CT molecular complexity index is 384. The Kier molecular flexibility index (Phi) is 5.55. The van der Waals surface area contributed by atoms with E-state index in [9.17, 15) is 13.6 Å². The molecule has 0 saturated heterocycles. The van der Waals surface area contributed by atoms with Crippen molar-refractivity contribution in [2.24, 2.45) is 0 Å². The quantitative estimate of drug-likeness (QED) is 0.746. The van der Waals surface area contributed by atoms with Gasteiger partial charge in [0.2, 0.25) is 0 Å². The molecule has 2 nitrogen and oxygen atoms in total. The first-order valence-corrected chi connectivity index (χ1v) is 6.07. The Morgan fingerprint density at radius 3 is 2.65 bits per heavy atom. The molecule has 17 heavy (non-hydrogen) atoms. The third kappa shape index (κ3) is 4.81. The van der Waals surface area contributed by atoms with Gasteiger partial charge in [0, 0.05) is 12.5 Å². The van der Waals surface area contributed by atoms with Gasteiger partial charge in [-0.1, -0.05) is 0 Å². The maximum Gasteiger partial charge on any atom is 0.169 e. The van der Waals surface area contributed by atoms with Crippen LogP contribution in [-0.4, -0.2) is 12.4 Å². The summed E-state index contributed by atoms with van der Waals surface area (Å²) in [6.07, 6.45) is 1.86. The van der Waals surface area contributed by atoms with Crippen LogP contribution < -0.4 is 4.74 Å². The van der Waals surface area contributed by atoms with Gasteiger partial charge < -0.3 is 9.53 Å². The highest BCUT2D eigenvalue weighted by Gasteiger charge is 2.10. The molecule has 0 saturated carbocycles. The van der Waals surface area contributed by atoms with Gasteiger partial charge in [-0.25, -0.2) is 8.78 Å². The van der Waals surface area contributed by atoms with E-state index in [1.54, 1.807) is 0 Å². The molecule has 0 amide bonds. The molecular weight excluding hydrogens is 294 g/mol. The summed E-state index contributed by atoms with van der Waals surface area (Å²) < 4.78 is 31.5. The minimum Gasteiger partial charge on any atom is -0.489 e. The number of halogens is 3. The Morgan fingerprint density at radius 2 is 2.06 bits per heavy atom. The highest BCUT2D eigenvalue weighted by atomic mass is 79.9. The highest BCUT2D eigenvalue weighted by Crippen LogP contribution is 2.29. The van der Waals surface area contributed by atoms with Gasteiger partial charge in [-0.2, -0.15) is 0 Å². The van der Waals surface area contributed by atoms with E-state index < -0.39 is 11.6 Å². The molecule has 0 spiro atoms. The Balaban J connectivity index is 2.44. The summed E-state index contributed by atoms with van der Waals surface area (Å²) in [5, 5.41) is 0. The van der Waals surface area contributed by atoms with E-state index in [1.165, 1.54) is 6.92 Å². The lowest BCUT2D eigenvalue weighted by atomic mass is 10.2. The molecular formula is C12H13BrF2O2. The van der Waals surface area contributed by atoms with Crippen molar-refractivity contribution in [1.29, 1.82) is 0 Å². The second-order valence-corrected chi connectivity index (χ2v) is 4.56. The molecule has 0 atom stereocenters. The van der Waals surface area contributed by atoms with Crippen LogP contribution in [0.3, 0.4) is 0 Å².